The van der Waals surface area contributed by atoms with Gasteiger partial charge in [0.2, 0.25) is 0 Å². The fourth-order valence-electron chi connectivity index (χ4n) is 2.57. The first kappa shape index (κ1) is 12.9. The van der Waals surface area contributed by atoms with Gasteiger partial charge < -0.3 is 4.74 Å². The third kappa shape index (κ3) is 2.52. The smallest absolute Gasteiger partial charge is 0.303 e. The fraction of sp³-hybridized carbons (Fsp3) is 0.692. The van der Waals surface area contributed by atoms with Gasteiger partial charge in [-0.2, -0.15) is 0 Å². The van der Waals surface area contributed by atoms with Gasteiger partial charge in [-0.15, -0.1) is 0 Å². The van der Waals surface area contributed by atoms with Gasteiger partial charge in [0.15, 0.2) is 5.78 Å². The SMILES string of the molecule is CC(=O)OC(C)C1=C(C)C(=O)CCC1(C)C. The van der Waals surface area contributed by atoms with Gasteiger partial charge >= 0.3 is 5.97 Å². The minimum Gasteiger partial charge on any atom is -0.458 e. The molecule has 3 heteroatoms. The van der Waals surface area contributed by atoms with Crippen LogP contribution >= 0.6 is 0 Å². The summed E-state index contributed by atoms with van der Waals surface area (Å²) in [5, 5.41) is 0. The zero-order valence-electron chi connectivity index (χ0n) is 10.7. The van der Waals surface area contributed by atoms with E-state index < -0.39 is 0 Å². The molecule has 0 bridgehead atoms. The van der Waals surface area contributed by atoms with Crippen molar-refractivity contribution in [2.75, 3.05) is 0 Å². The molecule has 0 saturated heterocycles. The number of carbonyl (C=O) groups excluding carboxylic acids is 2. The highest BCUT2D eigenvalue weighted by molar-refractivity contribution is 5.97. The summed E-state index contributed by atoms with van der Waals surface area (Å²) in [6, 6.07) is 0. The minimum atomic E-state index is -0.309. The number of hydrogen-bond donors (Lipinski definition) is 0. The summed E-state index contributed by atoms with van der Waals surface area (Å²) in [5.74, 6) is -0.130. The lowest BCUT2D eigenvalue weighted by Crippen LogP contribution is -2.33. The van der Waals surface area contributed by atoms with E-state index in [1.54, 1.807) is 0 Å². The number of ketones is 1. The maximum atomic E-state index is 11.7. The van der Waals surface area contributed by atoms with Crippen LogP contribution in [0.4, 0.5) is 0 Å². The van der Waals surface area contributed by atoms with Crippen molar-refractivity contribution in [3.63, 3.8) is 0 Å². The molecule has 1 atom stereocenters. The molecule has 1 aliphatic rings. The molecule has 0 spiro atoms. The Kier molecular flexibility index (Phi) is 3.56. The molecule has 90 valence electrons. The van der Waals surface area contributed by atoms with Gasteiger partial charge in [-0.05, 0) is 36.8 Å². The van der Waals surface area contributed by atoms with E-state index in [4.69, 9.17) is 4.74 Å². The van der Waals surface area contributed by atoms with Crippen molar-refractivity contribution in [2.24, 2.45) is 5.41 Å². The molecule has 1 rings (SSSR count). The molecule has 0 aromatic heterocycles. The van der Waals surface area contributed by atoms with E-state index in [1.165, 1.54) is 6.92 Å². The first-order valence-corrected chi connectivity index (χ1v) is 5.67. The van der Waals surface area contributed by atoms with Crippen LogP contribution in [0, 0.1) is 5.41 Å². The van der Waals surface area contributed by atoms with Gasteiger partial charge in [0.25, 0.3) is 0 Å². The molecule has 0 fully saturated rings. The van der Waals surface area contributed by atoms with Crippen molar-refractivity contribution in [2.45, 2.75) is 53.6 Å². The summed E-state index contributed by atoms with van der Waals surface area (Å²) >= 11 is 0. The number of allylic oxidation sites excluding steroid dienone is 1. The van der Waals surface area contributed by atoms with Crippen LogP contribution in [-0.4, -0.2) is 17.9 Å². The van der Waals surface area contributed by atoms with Crippen molar-refractivity contribution in [1.29, 1.82) is 0 Å². The highest BCUT2D eigenvalue weighted by Gasteiger charge is 2.36. The first-order valence-electron chi connectivity index (χ1n) is 5.67. The Morgan fingerprint density at radius 2 is 2.00 bits per heavy atom. The van der Waals surface area contributed by atoms with Crippen molar-refractivity contribution in [3.05, 3.63) is 11.1 Å². The van der Waals surface area contributed by atoms with Gasteiger partial charge in [-0.25, -0.2) is 0 Å². The topological polar surface area (TPSA) is 43.4 Å². The Morgan fingerprint density at radius 1 is 1.44 bits per heavy atom. The third-order valence-electron chi connectivity index (χ3n) is 3.28. The monoisotopic (exact) mass is 224 g/mol. The minimum absolute atomic E-state index is 0.0626. The second kappa shape index (κ2) is 4.40. The Morgan fingerprint density at radius 3 is 2.50 bits per heavy atom. The molecule has 0 aromatic rings. The highest BCUT2D eigenvalue weighted by atomic mass is 16.5. The number of ether oxygens (including phenoxy) is 1. The fourth-order valence-corrected chi connectivity index (χ4v) is 2.57. The van der Waals surface area contributed by atoms with Crippen LogP contribution in [0.3, 0.4) is 0 Å². The predicted molar refractivity (Wildman–Crippen MR) is 62.0 cm³/mol. The highest BCUT2D eigenvalue weighted by Crippen LogP contribution is 2.41. The lowest BCUT2D eigenvalue weighted by Gasteiger charge is -2.36. The van der Waals surface area contributed by atoms with Crippen molar-refractivity contribution in [3.8, 4) is 0 Å². The molecule has 0 saturated carbocycles. The van der Waals surface area contributed by atoms with Gasteiger partial charge in [-0.1, -0.05) is 13.8 Å². The van der Waals surface area contributed by atoms with Crippen molar-refractivity contribution < 1.29 is 14.3 Å². The van der Waals surface area contributed by atoms with Crippen LogP contribution in [0.1, 0.15) is 47.5 Å². The van der Waals surface area contributed by atoms with Crippen LogP contribution in [0.25, 0.3) is 0 Å². The zero-order valence-corrected chi connectivity index (χ0v) is 10.7. The van der Waals surface area contributed by atoms with E-state index in [-0.39, 0.29) is 23.3 Å². The standard InChI is InChI=1S/C13H20O3/c1-8-11(15)6-7-13(4,5)12(8)9(2)16-10(3)14/h9H,6-7H2,1-5H3. The summed E-state index contributed by atoms with van der Waals surface area (Å²) in [6.07, 6.45) is 1.11. The summed E-state index contributed by atoms with van der Waals surface area (Å²) < 4.78 is 5.20. The Hall–Kier alpha value is -1.12. The van der Waals surface area contributed by atoms with E-state index in [0.717, 1.165) is 17.6 Å². The van der Waals surface area contributed by atoms with E-state index in [2.05, 4.69) is 13.8 Å². The molecule has 0 radical (unpaired) electrons. The van der Waals surface area contributed by atoms with Crippen LogP contribution in [0.15, 0.2) is 11.1 Å². The molecular weight excluding hydrogens is 204 g/mol. The number of rotatable bonds is 2. The van der Waals surface area contributed by atoms with Crippen molar-refractivity contribution in [1.82, 2.24) is 0 Å². The molecule has 1 unspecified atom stereocenters. The lowest BCUT2D eigenvalue weighted by atomic mass is 9.70. The maximum absolute atomic E-state index is 11.7. The predicted octanol–water partition coefficient (Wildman–Crippen LogP) is 2.64. The van der Waals surface area contributed by atoms with E-state index in [0.29, 0.717) is 6.42 Å². The van der Waals surface area contributed by atoms with Gasteiger partial charge in [0, 0.05) is 13.3 Å². The molecular formula is C13H20O3. The lowest BCUT2D eigenvalue weighted by molar-refractivity contribution is -0.144. The normalized spacial score (nSPS) is 21.9. The zero-order chi connectivity index (χ0) is 12.5. The van der Waals surface area contributed by atoms with Gasteiger partial charge in [0.1, 0.15) is 6.10 Å². The Labute approximate surface area is 96.9 Å². The van der Waals surface area contributed by atoms with Crippen LogP contribution in [0.5, 0.6) is 0 Å². The number of Topliss-reactive ketones (excluding diaryl/α,β-unsaturated/α-hetero) is 1. The summed E-state index contributed by atoms with van der Waals surface area (Å²) in [4.78, 5) is 22.7. The molecule has 0 N–H and O–H groups in total. The van der Waals surface area contributed by atoms with E-state index >= 15 is 0 Å². The summed E-state index contributed by atoms with van der Waals surface area (Å²) in [6.45, 7) is 9.25. The number of hydrogen-bond acceptors (Lipinski definition) is 3. The summed E-state index contributed by atoms with van der Waals surface area (Å²) in [7, 11) is 0. The van der Waals surface area contributed by atoms with E-state index in [1.807, 2.05) is 13.8 Å². The molecule has 0 amide bonds. The largest absolute Gasteiger partial charge is 0.458 e. The second-order valence-corrected chi connectivity index (χ2v) is 5.10. The quantitative estimate of drug-likeness (QED) is 0.677. The molecule has 1 aliphatic carbocycles. The van der Waals surface area contributed by atoms with Crippen LogP contribution in [-0.2, 0) is 14.3 Å². The Bertz CT molecular complexity index is 350. The first-order chi connectivity index (χ1) is 7.25. The van der Waals surface area contributed by atoms with Crippen LogP contribution < -0.4 is 0 Å². The molecule has 0 heterocycles. The molecule has 3 nitrogen and oxygen atoms in total. The molecule has 0 aliphatic heterocycles. The number of esters is 1. The van der Waals surface area contributed by atoms with Gasteiger partial charge in [0.05, 0.1) is 0 Å². The second-order valence-electron chi connectivity index (χ2n) is 5.10. The summed E-state index contributed by atoms with van der Waals surface area (Å²) in [5.41, 5.74) is 1.68. The maximum Gasteiger partial charge on any atom is 0.303 e. The average Bonchev–Trinajstić information content (AvgIpc) is 2.10. The third-order valence-corrected chi connectivity index (χ3v) is 3.28. The van der Waals surface area contributed by atoms with Gasteiger partial charge in [-0.3, -0.25) is 9.59 Å². The van der Waals surface area contributed by atoms with Crippen LogP contribution in [0.2, 0.25) is 0 Å². The Balaban J connectivity index is 3.08. The number of carbonyl (C=O) groups is 2. The molecule has 16 heavy (non-hydrogen) atoms. The molecule has 0 aromatic carbocycles. The van der Waals surface area contributed by atoms with E-state index in [9.17, 15) is 9.59 Å². The van der Waals surface area contributed by atoms with Crippen molar-refractivity contribution >= 4 is 11.8 Å². The average molecular weight is 224 g/mol.